The van der Waals surface area contributed by atoms with Gasteiger partial charge in [-0.25, -0.2) is 0 Å². The van der Waals surface area contributed by atoms with Gasteiger partial charge in [0.2, 0.25) is 0 Å². The molecule has 62 valence electrons. The third-order valence-electron chi connectivity index (χ3n) is 1.64. The molecule has 0 fully saturated rings. The van der Waals surface area contributed by atoms with Crippen molar-refractivity contribution in [2.75, 3.05) is 0 Å². The van der Waals surface area contributed by atoms with Gasteiger partial charge in [0.05, 0.1) is 5.60 Å². The molecule has 1 atom stereocenters. The van der Waals surface area contributed by atoms with Crippen molar-refractivity contribution in [3.05, 3.63) is 0 Å². The molecule has 0 bridgehead atoms. The summed E-state index contributed by atoms with van der Waals surface area (Å²) in [6, 6.07) is 0. The van der Waals surface area contributed by atoms with E-state index in [4.69, 9.17) is 0 Å². The Morgan fingerprint density at radius 2 is 1.90 bits per heavy atom. The van der Waals surface area contributed by atoms with Crippen molar-refractivity contribution in [2.45, 2.75) is 52.6 Å². The minimum atomic E-state index is -0.428. The van der Waals surface area contributed by atoms with Gasteiger partial charge >= 0.3 is 0 Å². The van der Waals surface area contributed by atoms with E-state index in [-0.39, 0.29) is 0 Å². The zero-order valence-corrected chi connectivity index (χ0v) is 7.65. The monoisotopic (exact) mass is 144 g/mol. The lowest BCUT2D eigenvalue weighted by Crippen LogP contribution is -2.25. The van der Waals surface area contributed by atoms with Crippen LogP contribution in [-0.2, 0) is 0 Å². The molecule has 0 aromatic carbocycles. The largest absolute Gasteiger partial charge is 0.390 e. The first-order chi connectivity index (χ1) is 4.48. The normalized spacial score (nSPS) is 17.4. The van der Waals surface area contributed by atoms with Crippen molar-refractivity contribution in [1.29, 1.82) is 0 Å². The van der Waals surface area contributed by atoms with Crippen molar-refractivity contribution >= 4 is 0 Å². The summed E-state index contributed by atoms with van der Waals surface area (Å²) in [7, 11) is 0. The number of rotatable bonds is 4. The minimum Gasteiger partial charge on any atom is -0.390 e. The lowest BCUT2D eigenvalue weighted by atomic mass is 9.90. The predicted octanol–water partition coefficient (Wildman–Crippen LogP) is 2.58. The fraction of sp³-hybridized carbons (Fsp3) is 1.00. The molecule has 10 heavy (non-hydrogen) atoms. The first kappa shape index (κ1) is 9.96. The molecule has 0 aromatic rings. The highest BCUT2D eigenvalue weighted by molar-refractivity contribution is 4.72. The second kappa shape index (κ2) is 3.97. The van der Waals surface area contributed by atoms with E-state index in [1.54, 1.807) is 0 Å². The van der Waals surface area contributed by atoms with Gasteiger partial charge in [-0.1, -0.05) is 27.2 Å². The average molecular weight is 144 g/mol. The summed E-state index contributed by atoms with van der Waals surface area (Å²) in [5.74, 6) is 0.599. The fourth-order valence-corrected chi connectivity index (χ4v) is 1.52. The van der Waals surface area contributed by atoms with Gasteiger partial charge in [0.15, 0.2) is 0 Å². The van der Waals surface area contributed by atoms with Crippen LogP contribution in [0.15, 0.2) is 0 Å². The molecular formula is C9H20O. The topological polar surface area (TPSA) is 20.2 Å². The van der Waals surface area contributed by atoms with Crippen LogP contribution in [0.1, 0.15) is 47.0 Å². The van der Waals surface area contributed by atoms with Gasteiger partial charge in [0, 0.05) is 0 Å². The van der Waals surface area contributed by atoms with E-state index in [0.29, 0.717) is 5.92 Å². The molecule has 0 radical (unpaired) electrons. The van der Waals surface area contributed by atoms with E-state index in [1.165, 1.54) is 0 Å². The summed E-state index contributed by atoms with van der Waals surface area (Å²) in [6.07, 6.45) is 2.91. The zero-order valence-electron chi connectivity index (χ0n) is 7.65. The summed E-state index contributed by atoms with van der Waals surface area (Å²) < 4.78 is 0. The Morgan fingerprint density at radius 3 is 2.20 bits per heavy atom. The second-order valence-electron chi connectivity index (χ2n) is 3.84. The van der Waals surface area contributed by atoms with Gasteiger partial charge in [-0.3, -0.25) is 0 Å². The molecule has 0 rings (SSSR count). The molecular weight excluding hydrogens is 124 g/mol. The van der Waals surface area contributed by atoms with E-state index in [1.807, 2.05) is 6.92 Å². The van der Waals surface area contributed by atoms with Crippen LogP contribution >= 0.6 is 0 Å². The molecule has 0 aliphatic heterocycles. The van der Waals surface area contributed by atoms with Gasteiger partial charge in [-0.2, -0.15) is 0 Å². The highest BCUT2D eigenvalue weighted by Gasteiger charge is 2.19. The molecule has 0 aromatic heterocycles. The molecule has 0 heterocycles. The van der Waals surface area contributed by atoms with Crippen molar-refractivity contribution in [3.63, 3.8) is 0 Å². The van der Waals surface area contributed by atoms with Crippen LogP contribution < -0.4 is 0 Å². The van der Waals surface area contributed by atoms with Gasteiger partial charge in [-0.05, 0) is 25.7 Å². The maximum absolute atomic E-state index is 9.68. The molecule has 0 aliphatic rings. The highest BCUT2D eigenvalue weighted by Crippen LogP contribution is 2.20. The predicted molar refractivity (Wildman–Crippen MR) is 45.0 cm³/mol. The van der Waals surface area contributed by atoms with Crippen LogP contribution in [0.2, 0.25) is 0 Å². The number of hydrogen-bond donors (Lipinski definition) is 1. The molecule has 0 saturated carbocycles. The van der Waals surface area contributed by atoms with Crippen LogP contribution in [-0.4, -0.2) is 10.7 Å². The van der Waals surface area contributed by atoms with E-state index in [9.17, 15) is 5.11 Å². The summed E-state index contributed by atoms with van der Waals surface area (Å²) >= 11 is 0. The first-order valence-electron chi connectivity index (χ1n) is 4.20. The van der Waals surface area contributed by atoms with E-state index in [2.05, 4.69) is 20.8 Å². The molecule has 0 amide bonds. The van der Waals surface area contributed by atoms with Crippen molar-refractivity contribution in [1.82, 2.24) is 0 Å². The quantitative estimate of drug-likeness (QED) is 0.643. The third kappa shape index (κ3) is 4.80. The van der Waals surface area contributed by atoms with E-state index >= 15 is 0 Å². The van der Waals surface area contributed by atoms with Crippen LogP contribution in [0.25, 0.3) is 0 Å². The lowest BCUT2D eigenvalue weighted by Gasteiger charge is -2.24. The Labute approximate surface area is 64.5 Å². The maximum atomic E-state index is 9.68. The van der Waals surface area contributed by atoms with E-state index in [0.717, 1.165) is 19.3 Å². The molecule has 0 saturated heterocycles. The van der Waals surface area contributed by atoms with Crippen molar-refractivity contribution in [3.8, 4) is 0 Å². The van der Waals surface area contributed by atoms with Crippen molar-refractivity contribution < 1.29 is 5.11 Å². The Hall–Kier alpha value is -0.0400. The average Bonchev–Trinajstić information content (AvgIpc) is 1.59. The van der Waals surface area contributed by atoms with Crippen LogP contribution in [0.3, 0.4) is 0 Å². The zero-order chi connectivity index (χ0) is 8.20. The highest BCUT2D eigenvalue weighted by atomic mass is 16.3. The minimum absolute atomic E-state index is 0.428. The fourth-order valence-electron chi connectivity index (χ4n) is 1.52. The molecule has 0 aliphatic carbocycles. The molecule has 1 N–H and O–H groups in total. The molecule has 1 nitrogen and oxygen atoms in total. The Balaban J connectivity index is 3.63. The van der Waals surface area contributed by atoms with Gasteiger partial charge in [0.1, 0.15) is 0 Å². The Bertz CT molecular complexity index is 84.7. The molecule has 0 unspecified atom stereocenters. The van der Waals surface area contributed by atoms with E-state index < -0.39 is 5.60 Å². The summed E-state index contributed by atoms with van der Waals surface area (Å²) in [6.45, 7) is 8.32. The van der Waals surface area contributed by atoms with Crippen molar-refractivity contribution in [2.24, 2.45) is 5.92 Å². The SMILES string of the molecule is CCC[C@@](C)(O)CC(C)C. The number of aliphatic hydroxyl groups is 1. The third-order valence-corrected chi connectivity index (χ3v) is 1.64. The summed E-state index contributed by atoms with van der Waals surface area (Å²) in [5, 5.41) is 9.68. The smallest absolute Gasteiger partial charge is 0.0622 e. The standard InChI is InChI=1S/C9H20O/c1-5-6-9(4,10)7-8(2)3/h8,10H,5-7H2,1-4H3/t9-/m1/s1. The number of hydrogen-bond acceptors (Lipinski definition) is 1. The molecule has 0 spiro atoms. The van der Waals surface area contributed by atoms with Crippen LogP contribution in [0, 0.1) is 5.92 Å². The Kier molecular flexibility index (Phi) is 3.95. The molecule has 1 heteroatoms. The van der Waals surface area contributed by atoms with Gasteiger partial charge in [0.25, 0.3) is 0 Å². The Morgan fingerprint density at radius 1 is 1.40 bits per heavy atom. The first-order valence-corrected chi connectivity index (χ1v) is 4.20. The van der Waals surface area contributed by atoms with Gasteiger partial charge in [-0.15, -0.1) is 0 Å². The van der Waals surface area contributed by atoms with Crippen LogP contribution in [0.5, 0.6) is 0 Å². The maximum Gasteiger partial charge on any atom is 0.0622 e. The van der Waals surface area contributed by atoms with Crippen LogP contribution in [0.4, 0.5) is 0 Å². The summed E-state index contributed by atoms with van der Waals surface area (Å²) in [5.41, 5.74) is -0.428. The second-order valence-corrected chi connectivity index (χ2v) is 3.84. The van der Waals surface area contributed by atoms with Gasteiger partial charge < -0.3 is 5.11 Å². The lowest BCUT2D eigenvalue weighted by molar-refractivity contribution is 0.0293. The summed E-state index contributed by atoms with van der Waals surface area (Å²) in [4.78, 5) is 0.